The second kappa shape index (κ2) is 17.2. The molecule has 0 atom stereocenters. The molecule has 58 heavy (non-hydrogen) atoms. The van der Waals surface area contributed by atoms with Gasteiger partial charge in [-0.2, -0.15) is 0 Å². The number of aryl methyl sites for hydroxylation is 13. The minimum atomic E-state index is -1.44. The van der Waals surface area contributed by atoms with E-state index in [4.69, 9.17) is 0 Å². The van der Waals surface area contributed by atoms with Gasteiger partial charge in [-0.25, -0.2) is 0 Å². The Kier molecular flexibility index (Phi) is 12.7. The van der Waals surface area contributed by atoms with Crippen LogP contribution in [0.5, 0.6) is 0 Å². The predicted molar refractivity (Wildman–Crippen MR) is 263 cm³/mol. The number of rotatable bonds is 9. The minimum absolute atomic E-state index is 0.0186. The Morgan fingerprint density at radius 2 is 0.759 bits per heavy atom. The van der Waals surface area contributed by atoms with E-state index in [0.717, 1.165) is 17.5 Å². The van der Waals surface area contributed by atoms with Gasteiger partial charge in [-0.05, 0) is 102 Å². The fourth-order valence-corrected chi connectivity index (χ4v) is 11.2. The largest absolute Gasteiger partial charge is 0.244 e. The van der Waals surface area contributed by atoms with Gasteiger partial charge < -0.3 is 0 Å². The second-order valence-electron chi connectivity index (χ2n) is 18.9. The lowest BCUT2D eigenvalue weighted by molar-refractivity contribution is 1.10. The van der Waals surface area contributed by atoms with Crippen molar-refractivity contribution in [1.29, 1.82) is 0 Å². The van der Waals surface area contributed by atoms with Gasteiger partial charge >= 0.3 is 0 Å². The average molecular weight is 775 g/mol. The molecule has 0 amide bonds. The van der Waals surface area contributed by atoms with E-state index < -0.39 is 8.07 Å². The summed E-state index contributed by atoms with van der Waals surface area (Å²) >= 11 is 0. The van der Waals surface area contributed by atoms with Crippen molar-refractivity contribution in [2.24, 2.45) is 0 Å². The SMILES string of the molecule is Cc1cc(C)c(B(c2cc(CC[Si](C)(C)C)c(B(c3c(C)cc(C)cc3C)c3c(C)cc(C)cc3C)cc2C#Cc2ccccc2)c2c(C)cc(C)cc2C)c(C)c1. The Morgan fingerprint density at radius 3 is 1.10 bits per heavy atom. The Bertz CT molecular complexity index is 2370. The lowest BCUT2D eigenvalue weighted by Gasteiger charge is -2.30. The van der Waals surface area contributed by atoms with Crippen LogP contribution >= 0.6 is 0 Å². The van der Waals surface area contributed by atoms with E-state index in [-0.39, 0.29) is 13.4 Å². The highest BCUT2D eigenvalue weighted by Gasteiger charge is 2.35. The normalized spacial score (nSPS) is 11.4. The third-order valence-corrected chi connectivity index (χ3v) is 14.0. The first-order valence-electron chi connectivity index (χ1n) is 21.4. The van der Waals surface area contributed by atoms with Crippen molar-refractivity contribution in [3.8, 4) is 11.8 Å². The van der Waals surface area contributed by atoms with E-state index in [1.165, 1.54) is 111 Å². The average Bonchev–Trinajstić information content (AvgIpc) is 3.10. The molecular weight excluding hydrogens is 710 g/mol. The molecule has 0 aliphatic heterocycles. The summed E-state index contributed by atoms with van der Waals surface area (Å²) in [5.41, 5.74) is 28.0. The van der Waals surface area contributed by atoms with Crippen LogP contribution in [0.25, 0.3) is 0 Å². The molecule has 0 aliphatic rings. The van der Waals surface area contributed by atoms with Crippen LogP contribution in [0, 0.1) is 94.9 Å². The molecule has 0 unspecified atom stereocenters. The first-order chi connectivity index (χ1) is 27.3. The maximum Gasteiger partial charge on any atom is 0.244 e. The molecule has 0 nitrogen and oxygen atoms in total. The summed E-state index contributed by atoms with van der Waals surface area (Å²) < 4.78 is 0. The molecule has 0 spiro atoms. The van der Waals surface area contributed by atoms with Gasteiger partial charge in [-0.15, -0.1) is 0 Å². The molecular formula is C55H64B2Si. The van der Waals surface area contributed by atoms with E-state index in [9.17, 15) is 0 Å². The molecule has 0 bridgehead atoms. The van der Waals surface area contributed by atoms with Gasteiger partial charge in [0.15, 0.2) is 0 Å². The van der Waals surface area contributed by atoms with E-state index in [1.54, 1.807) is 0 Å². The van der Waals surface area contributed by atoms with Crippen molar-refractivity contribution in [3.05, 3.63) is 174 Å². The molecule has 294 valence electrons. The number of hydrogen-bond donors (Lipinski definition) is 0. The van der Waals surface area contributed by atoms with Crippen molar-refractivity contribution >= 4 is 54.3 Å². The Morgan fingerprint density at radius 1 is 0.414 bits per heavy atom. The molecule has 0 aromatic heterocycles. The Hall–Kier alpha value is -4.77. The summed E-state index contributed by atoms with van der Waals surface area (Å²) in [5, 5.41) is 0. The Labute approximate surface area is 354 Å². The van der Waals surface area contributed by atoms with E-state index >= 15 is 0 Å². The van der Waals surface area contributed by atoms with E-state index in [1.807, 2.05) is 0 Å². The van der Waals surface area contributed by atoms with Crippen molar-refractivity contribution in [2.75, 3.05) is 0 Å². The topological polar surface area (TPSA) is 0 Å². The molecule has 0 fully saturated rings. The molecule has 6 aromatic rings. The summed E-state index contributed by atoms with van der Waals surface area (Å²) in [6.07, 6.45) is 1.04. The fraction of sp³-hybridized carbons (Fsp3) is 0.309. The molecule has 0 saturated heterocycles. The standard InChI is InChI=1S/C55H64B2Si/c1-35-25-39(5)52(40(6)26-35)56(53-41(7)27-36(2)28-42(53)8)50-34-49(23-24-58(13,14)15)51(33-48(50)22-21-47-19-17-16-18-20-47)57(54-43(9)29-37(3)30-44(54)10)55-45(11)31-38(4)32-46(55)12/h16-20,25-34H,23-24H2,1-15H3. The lowest BCUT2D eigenvalue weighted by atomic mass is 9.31. The first-order valence-corrected chi connectivity index (χ1v) is 25.1. The van der Waals surface area contributed by atoms with Crippen LogP contribution in [0.15, 0.2) is 91.0 Å². The highest BCUT2D eigenvalue weighted by Crippen LogP contribution is 2.20. The second-order valence-corrected chi connectivity index (χ2v) is 24.6. The third kappa shape index (κ3) is 9.25. The smallest absolute Gasteiger partial charge is 0.0695 e. The van der Waals surface area contributed by atoms with E-state index in [2.05, 4.69) is 206 Å². The van der Waals surface area contributed by atoms with Gasteiger partial charge in [0.25, 0.3) is 0 Å². The predicted octanol–water partition coefficient (Wildman–Crippen LogP) is 9.70. The quantitative estimate of drug-likeness (QED) is 0.101. The maximum absolute atomic E-state index is 3.88. The summed E-state index contributed by atoms with van der Waals surface area (Å²) in [6, 6.07) is 36.0. The monoisotopic (exact) mass is 774 g/mol. The maximum atomic E-state index is 3.88. The van der Waals surface area contributed by atoms with Gasteiger partial charge in [0.1, 0.15) is 0 Å². The summed E-state index contributed by atoms with van der Waals surface area (Å²) in [6.45, 7) is 35.2. The molecule has 0 aliphatic carbocycles. The van der Waals surface area contributed by atoms with Crippen LogP contribution in [0.3, 0.4) is 0 Å². The van der Waals surface area contributed by atoms with Crippen molar-refractivity contribution in [3.63, 3.8) is 0 Å². The van der Waals surface area contributed by atoms with Crippen LogP contribution in [-0.4, -0.2) is 21.5 Å². The molecule has 0 N–H and O–H groups in total. The number of hydrogen-bond acceptors (Lipinski definition) is 0. The Balaban J connectivity index is 1.83. The molecule has 0 heterocycles. The lowest BCUT2D eigenvalue weighted by Crippen LogP contribution is -2.60. The first kappa shape index (κ1) is 42.8. The van der Waals surface area contributed by atoms with Crippen molar-refractivity contribution in [1.82, 2.24) is 0 Å². The highest BCUT2D eigenvalue weighted by atomic mass is 28.3. The zero-order valence-electron chi connectivity index (χ0n) is 38.2. The van der Waals surface area contributed by atoms with Gasteiger partial charge in [-0.3, -0.25) is 0 Å². The summed E-state index contributed by atoms with van der Waals surface area (Å²) in [5.74, 6) is 7.56. The van der Waals surface area contributed by atoms with Crippen LogP contribution in [0.1, 0.15) is 83.5 Å². The zero-order chi connectivity index (χ0) is 42.2. The zero-order valence-corrected chi connectivity index (χ0v) is 39.2. The molecule has 0 radical (unpaired) electrons. The fourth-order valence-electron chi connectivity index (χ4n) is 10.2. The van der Waals surface area contributed by atoms with Crippen LogP contribution in [0.2, 0.25) is 25.7 Å². The van der Waals surface area contributed by atoms with Gasteiger partial charge in [0.2, 0.25) is 13.4 Å². The minimum Gasteiger partial charge on any atom is -0.0695 e. The molecule has 6 aromatic carbocycles. The van der Waals surface area contributed by atoms with Gasteiger partial charge in [0.05, 0.1) is 0 Å². The van der Waals surface area contributed by atoms with Crippen LogP contribution in [-0.2, 0) is 6.42 Å². The van der Waals surface area contributed by atoms with Crippen molar-refractivity contribution in [2.45, 2.75) is 115 Å². The van der Waals surface area contributed by atoms with Gasteiger partial charge in [0, 0.05) is 19.2 Å². The van der Waals surface area contributed by atoms with E-state index in [0.29, 0.717) is 0 Å². The van der Waals surface area contributed by atoms with Crippen LogP contribution in [0.4, 0.5) is 0 Å². The molecule has 0 saturated carbocycles. The third-order valence-electron chi connectivity index (χ3n) is 12.3. The highest BCUT2D eigenvalue weighted by molar-refractivity contribution is 6.98. The molecule has 3 heteroatoms. The van der Waals surface area contributed by atoms with Gasteiger partial charge in [-0.1, -0.05) is 221 Å². The van der Waals surface area contributed by atoms with Crippen molar-refractivity contribution < 1.29 is 0 Å². The molecule has 6 rings (SSSR count). The summed E-state index contributed by atoms with van der Waals surface area (Å²) in [7, 11) is -1.44. The van der Waals surface area contributed by atoms with Crippen LogP contribution < -0.4 is 32.8 Å². The number of benzene rings is 6. The summed E-state index contributed by atoms with van der Waals surface area (Å²) in [4.78, 5) is 0.